The molecule has 3 atom stereocenters. The molecule has 0 aromatic heterocycles. The molecule has 12 aliphatic rings. The van der Waals surface area contributed by atoms with Gasteiger partial charge in [0, 0.05) is 32.3 Å². The van der Waals surface area contributed by atoms with Crippen molar-refractivity contribution in [2.45, 2.75) is 282 Å². The van der Waals surface area contributed by atoms with Crippen molar-refractivity contribution in [1.82, 2.24) is 0 Å². The Morgan fingerprint density at radius 3 is 1.10 bits per heavy atom. The van der Waals surface area contributed by atoms with E-state index < -0.39 is 92.2 Å². The van der Waals surface area contributed by atoms with Gasteiger partial charge in [-0.05, 0) is 242 Å². The predicted molar refractivity (Wildman–Crippen MR) is 437 cm³/mol. The fourth-order valence-electron chi connectivity index (χ4n) is 13.7. The molecule has 1 aromatic carbocycles. The first-order chi connectivity index (χ1) is 55.4. The van der Waals surface area contributed by atoms with Gasteiger partial charge >= 0.3 is 97.7 Å². The summed E-state index contributed by atoms with van der Waals surface area (Å²) in [5.74, 6) is 1.01. The molecule has 4 spiro atoms. The van der Waals surface area contributed by atoms with Crippen molar-refractivity contribution in [3.05, 3.63) is 109 Å². The van der Waals surface area contributed by atoms with Crippen LogP contribution in [0.1, 0.15) is 192 Å². The quantitative estimate of drug-likeness (QED) is 0.0179. The summed E-state index contributed by atoms with van der Waals surface area (Å²) >= 11 is 0. The molecule has 1 saturated carbocycles. The number of ether oxygens (including phenoxy) is 5. The molecule has 8 heterocycles. The van der Waals surface area contributed by atoms with Crippen molar-refractivity contribution < 1.29 is 158 Å². The second-order valence-electron chi connectivity index (χ2n) is 36.1. The first-order valence-corrected chi connectivity index (χ1v) is 50.8. The minimum absolute atomic E-state index is 0.00389. The van der Waals surface area contributed by atoms with Crippen molar-refractivity contribution in [3.8, 4) is 0 Å². The second-order valence-corrected chi connectivity index (χ2v) is 50.3. The maximum absolute atomic E-state index is 12.4. The van der Waals surface area contributed by atoms with Gasteiger partial charge in [0.15, 0.2) is 6.61 Å². The largest absolute Gasteiger partial charge is 0.548 e. The number of para-hydroxylation sites is 1. The van der Waals surface area contributed by atoms with Gasteiger partial charge in [-0.3, -0.25) is 24.0 Å². The number of allylic oxidation sites excluding steroid dienone is 7. The Morgan fingerprint density at radius 2 is 0.828 bits per heavy atom. The molecule has 13 rings (SSSR count). The molecule has 8 aliphatic heterocycles. The first-order valence-electron chi connectivity index (χ1n) is 39.7. The third-order valence-electron chi connectivity index (χ3n) is 23.3. The second kappa shape index (κ2) is 38.5. The molecule has 0 bridgehead atoms. The van der Waals surface area contributed by atoms with Gasteiger partial charge in [-0.1, -0.05) is 37.4 Å². The summed E-state index contributed by atoms with van der Waals surface area (Å²) in [5, 5.41) is 0. The summed E-state index contributed by atoms with van der Waals surface area (Å²) in [6, 6.07) is 3.85. The molecule has 0 N–H and O–H groups in total. The van der Waals surface area contributed by atoms with E-state index in [0.717, 1.165) is 81.7 Å². The van der Waals surface area contributed by atoms with Crippen LogP contribution in [0.4, 0.5) is 45.2 Å². The molecule has 27 nitrogen and oxygen atoms in total. The smallest absolute Gasteiger partial charge is 0.534 e. The summed E-state index contributed by atoms with van der Waals surface area (Å²) in [4.78, 5) is 67.5. The van der Waals surface area contributed by atoms with Gasteiger partial charge in [0.1, 0.15) is 11.5 Å². The number of ketones is 1. The third-order valence-corrected chi connectivity index (χ3v) is 29.7. The summed E-state index contributed by atoms with van der Waals surface area (Å²) in [6.07, 6.45) is 19.7. The van der Waals surface area contributed by atoms with Gasteiger partial charge in [-0.2, -0.15) is 69.6 Å². The zero-order chi connectivity index (χ0) is 92.8. The fourth-order valence-corrected chi connectivity index (χ4v) is 18.8. The average Bonchev–Trinajstić information content (AvgIpc) is 1.67. The molecule has 44 heteroatoms. The normalized spacial score (nSPS) is 25.8. The maximum atomic E-state index is 12.4. The van der Waals surface area contributed by atoms with Crippen molar-refractivity contribution in [1.29, 1.82) is 0 Å². The predicted octanol–water partition coefficient (Wildman–Crippen LogP) is 15.7. The van der Waals surface area contributed by atoms with Gasteiger partial charge in [0.05, 0.1) is 105 Å². The zero-order valence-corrected chi connectivity index (χ0v) is 76.8. The number of anilines is 1. The van der Waals surface area contributed by atoms with Crippen LogP contribution in [0.15, 0.2) is 103 Å². The minimum atomic E-state index is -6.81. The molecule has 0 radical (unpaired) electrons. The van der Waals surface area contributed by atoms with E-state index in [1.807, 2.05) is 55.4 Å². The van der Waals surface area contributed by atoms with Gasteiger partial charge in [-0.15, -0.1) is 3.71 Å². The van der Waals surface area contributed by atoms with Gasteiger partial charge in [0.25, 0.3) is 0 Å². The number of carbonyl (C=O) groups excluding carboxylic acids is 6. The molecule has 684 valence electrons. The molecule has 1 aromatic rings. The fraction of sp³-hybridized carbons (Fsp3) is 0.679. The lowest BCUT2D eigenvalue weighted by Crippen LogP contribution is -2.49. The van der Waals surface area contributed by atoms with E-state index in [1.54, 1.807) is 12.5 Å². The van der Waals surface area contributed by atoms with Crippen LogP contribution >= 0.6 is 0 Å². The topological polar surface area (TPSA) is 337 Å². The van der Waals surface area contributed by atoms with Gasteiger partial charge in [-0.25, -0.2) is 0 Å². The Labute approximate surface area is 712 Å². The monoisotopic (exact) mass is 1840 g/mol. The number of halogens is 9. The van der Waals surface area contributed by atoms with Crippen LogP contribution in [0.2, 0.25) is 39.3 Å². The van der Waals surface area contributed by atoms with Crippen LogP contribution in [-0.2, 0) is 124 Å². The van der Waals surface area contributed by atoms with Crippen LogP contribution in [0.5, 0.6) is 0 Å². The zero-order valence-electron chi connectivity index (χ0n) is 72.4. The lowest BCUT2D eigenvalue weighted by atomic mass is 9.49. The Hall–Kier alpha value is -6.64. The number of sulfonamides is 2. The highest BCUT2D eigenvalue weighted by Gasteiger charge is 2.65. The molecule has 4 aliphatic carbocycles. The SMILES string of the molecule is C=C1[CH+]COC1=O.C=CC(=C)O[Si](C)(C)C.CC1(C)OB(B2OC(C)(C)C(C)(C)O2)OC1(C)C.CC1(C)OB(C2=CCC3(CCOC3=O)CC2)OC1(C)C.C[Si](C)(C)OC1=CCC2(CCOC2=O)CC1.O=C1CCC2(CCOC2=O)CC1.O=C1OCCC12CC=C(OS(=O)(=O)C(F)(F)F)CC2.O=S(=O)(N(c1ccccc1)S(=O)(=O)C(F)(F)F)C(F)(F)F. The van der Waals surface area contributed by atoms with E-state index in [9.17, 15) is 93.5 Å². The Balaban J connectivity index is 0.000000220. The van der Waals surface area contributed by atoms with E-state index in [-0.39, 0.29) is 118 Å². The number of rotatable bonds is 12. The highest BCUT2D eigenvalue weighted by Crippen LogP contribution is 2.50. The number of benzene rings is 1. The first kappa shape index (κ1) is 104. The van der Waals surface area contributed by atoms with Gasteiger partial charge < -0.3 is 64.6 Å². The highest BCUT2D eigenvalue weighted by atomic mass is 32.3. The van der Waals surface area contributed by atoms with Crippen molar-refractivity contribution in [3.63, 3.8) is 0 Å². The lowest BCUT2D eigenvalue weighted by molar-refractivity contribution is -0.149. The number of alkyl halides is 9. The minimum Gasteiger partial charge on any atom is -0.548 e. The average molecular weight is 1840 g/mol. The molecule has 3 unspecified atom stereocenters. The summed E-state index contributed by atoms with van der Waals surface area (Å²) in [5.41, 5.74) is -21.1. The van der Waals surface area contributed by atoms with E-state index in [4.69, 9.17) is 55.7 Å². The van der Waals surface area contributed by atoms with Crippen LogP contribution in [0.3, 0.4) is 0 Å². The Bertz CT molecular complexity index is 4320. The molecule has 0 amide bonds. The lowest BCUT2D eigenvalue weighted by Gasteiger charge is -2.32. The van der Waals surface area contributed by atoms with E-state index in [1.165, 1.54) is 11.5 Å². The number of cyclic esters (lactones) is 5. The van der Waals surface area contributed by atoms with Crippen LogP contribution in [0, 0.1) is 28.1 Å². The summed E-state index contributed by atoms with van der Waals surface area (Å²) in [6.45, 7) is 50.3. The van der Waals surface area contributed by atoms with E-state index in [0.29, 0.717) is 87.8 Å². The van der Waals surface area contributed by atoms with E-state index in [2.05, 4.69) is 108 Å². The Kier molecular flexibility index (Phi) is 32.9. The third kappa shape index (κ3) is 25.6. The van der Waals surface area contributed by atoms with Crippen molar-refractivity contribution >= 4 is 109 Å². The summed E-state index contributed by atoms with van der Waals surface area (Å²) in [7, 11) is -23.4. The summed E-state index contributed by atoms with van der Waals surface area (Å²) < 4.78 is 251. The number of hydrogen-bond donors (Lipinski definition) is 0. The number of carbonyl (C=O) groups is 6. The molecule has 9 fully saturated rings. The van der Waals surface area contributed by atoms with Crippen molar-refractivity contribution in [2.24, 2.45) is 21.7 Å². The molecule has 122 heavy (non-hydrogen) atoms. The number of Topliss-reactive ketones (excluding diaryl/α,β-unsaturated/α-hetero) is 1. The molecular weight excluding hydrogens is 1720 g/mol. The van der Waals surface area contributed by atoms with Crippen LogP contribution < -0.4 is 3.71 Å². The van der Waals surface area contributed by atoms with Crippen LogP contribution in [0.25, 0.3) is 0 Å². The van der Waals surface area contributed by atoms with Crippen molar-refractivity contribution in [2.75, 3.05) is 36.7 Å². The number of hydrogen-bond acceptors (Lipinski definition) is 26. The maximum Gasteiger partial charge on any atom is 0.534 e. The van der Waals surface area contributed by atoms with E-state index >= 15 is 0 Å². The molecular formula is C78H114B3F9NO26S3Si2+. The number of esters is 5. The highest BCUT2D eigenvalue weighted by molar-refractivity contribution is 8.11. The number of nitrogens with zero attached hydrogens (tertiary/aromatic N) is 1. The van der Waals surface area contributed by atoms with Gasteiger partial charge in [0.2, 0.25) is 22.2 Å². The molecule has 8 saturated heterocycles. The standard InChI is InChI=1S/C15H23BO4.C12H24B2O4.C12H20O3Si.C10H11F3O5S.C9H12O3.C8H5F6NO4S2.C7H14OSi.C5H5O2/c1-13(2)14(3,4)20-16(19-13)11-5-7-15(8-6-11)9-10-18-12(15)17;1-9(2)10(3,4)16-13(15-9)14-17-11(5,6)12(7,8)18-14;1-16(2,3)15-10-4-6-12(7-5-10)8-9-14-11(12)13;11-10(12,13)19(15,16)18-7-1-3-9(4-2-7)5-6-17-8(9)14;10-7-1-3-9(4-2-7)5-6-12-8(9)11;9-7(10,11)20(16,17)15(6-4-2-1-3-5-6)21(18,19)8(12,13)14;1-6-7(2)8-9(3,4)5;1-4-2-3-7-5(4)6/h5H,6-10H2,1-4H3;1-8H3;4H,5-9H2,1-3H3;1H,2-6H2;1-6H2;1-5H;6H,1-2H2,3-5H3;2H,1,3H2/q;;;;;;;+1. The van der Waals surface area contributed by atoms with Crippen LogP contribution in [-0.4, -0.2) is 182 Å². The Morgan fingerprint density at radius 1 is 0.475 bits per heavy atom.